The van der Waals surface area contributed by atoms with Crippen molar-refractivity contribution in [2.45, 2.75) is 63.6 Å². The van der Waals surface area contributed by atoms with Crippen molar-refractivity contribution in [1.29, 1.82) is 0 Å². The minimum Gasteiger partial charge on any atom is -0.340 e. The van der Waals surface area contributed by atoms with Crippen LogP contribution >= 0.6 is 0 Å². The van der Waals surface area contributed by atoms with Gasteiger partial charge in [0.05, 0.1) is 5.54 Å². The summed E-state index contributed by atoms with van der Waals surface area (Å²) in [5.74, 6) is 0.191. The van der Waals surface area contributed by atoms with E-state index in [0.29, 0.717) is 6.04 Å². The van der Waals surface area contributed by atoms with Gasteiger partial charge in [0, 0.05) is 32.2 Å². The molecule has 1 saturated heterocycles. The van der Waals surface area contributed by atoms with E-state index in [1.54, 1.807) is 0 Å². The minimum atomic E-state index is -0.601. The van der Waals surface area contributed by atoms with Gasteiger partial charge in [0.1, 0.15) is 0 Å². The third-order valence-corrected chi connectivity index (χ3v) is 5.78. The zero-order valence-electron chi connectivity index (χ0n) is 14.9. The van der Waals surface area contributed by atoms with Gasteiger partial charge in [0.15, 0.2) is 0 Å². The normalized spacial score (nSPS) is 25.2. The van der Waals surface area contributed by atoms with Gasteiger partial charge in [0.25, 0.3) is 0 Å². The Hall–Kier alpha value is -1.39. The predicted octanol–water partition coefficient (Wildman–Crippen LogP) is 2.77. The van der Waals surface area contributed by atoms with Gasteiger partial charge in [-0.2, -0.15) is 0 Å². The van der Waals surface area contributed by atoms with E-state index in [2.05, 4.69) is 42.2 Å². The third-order valence-electron chi connectivity index (χ3n) is 5.78. The molecule has 1 amide bonds. The molecular weight excluding hydrogens is 298 g/mol. The number of benzene rings is 1. The van der Waals surface area contributed by atoms with E-state index >= 15 is 0 Å². The Kier molecular flexibility index (Phi) is 5.57. The lowest BCUT2D eigenvalue weighted by molar-refractivity contribution is -0.138. The number of hydrogen-bond donors (Lipinski definition) is 1. The summed E-state index contributed by atoms with van der Waals surface area (Å²) in [7, 11) is 0. The van der Waals surface area contributed by atoms with Crippen molar-refractivity contribution in [2.75, 3.05) is 19.6 Å². The minimum absolute atomic E-state index is 0.191. The molecular formula is C20H31N3O. The average molecular weight is 329 g/mol. The number of carbonyl (C=O) groups is 1. The van der Waals surface area contributed by atoms with Crippen LogP contribution in [0.15, 0.2) is 30.3 Å². The first-order chi connectivity index (χ1) is 11.6. The summed E-state index contributed by atoms with van der Waals surface area (Å²) in [5, 5.41) is 0. The molecule has 4 nitrogen and oxygen atoms in total. The number of carbonyl (C=O) groups excluding carboxylic acids is 1. The molecule has 1 unspecified atom stereocenters. The fourth-order valence-corrected chi connectivity index (χ4v) is 4.07. The Labute approximate surface area is 146 Å². The van der Waals surface area contributed by atoms with Crippen LogP contribution in [0, 0.1) is 0 Å². The summed E-state index contributed by atoms with van der Waals surface area (Å²) in [6.45, 7) is 5.80. The van der Waals surface area contributed by atoms with Crippen LogP contribution in [0.5, 0.6) is 0 Å². The quantitative estimate of drug-likeness (QED) is 0.928. The summed E-state index contributed by atoms with van der Waals surface area (Å²) >= 11 is 0. The van der Waals surface area contributed by atoms with Gasteiger partial charge in [-0.25, -0.2) is 0 Å². The second kappa shape index (κ2) is 7.66. The van der Waals surface area contributed by atoms with Crippen LogP contribution in [0.4, 0.5) is 0 Å². The number of nitrogens with zero attached hydrogens (tertiary/aromatic N) is 2. The molecule has 1 aromatic rings. The zero-order valence-corrected chi connectivity index (χ0v) is 14.9. The molecule has 132 valence electrons. The first-order valence-electron chi connectivity index (χ1n) is 9.45. The van der Waals surface area contributed by atoms with E-state index < -0.39 is 5.54 Å². The lowest BCUT2D eigenvalue weighted by atomic mass is 9.81. The van der Waals surface area contributed by atoms with Crippen LogP contribution in [0.25, 0.3) is 0 Å². The van der Waals surface area contributed by atoms with Gasteiger partial charge in [-0.15, -0.1) is 0 Å². The fraction of sp³-hybridized carbons (Fsp3) is 0.650. The average Bonchev–Trinajstić information content (AvgIpc) is 2.78. The molecule has 1 atom stereocenters. The van der Waals surface area contributed by atoms with Crippen LogP contribution in [0.2, 0.25) is 0 Å². The van der Waals surface area contributed by atoms with E-state index in [4.69, 9.17) is 5.73 Å². The van der Waals surface area contributed by atoms with Crippen LogP contribution < -0.4 is 5.73 Å². The molecule has 1 heterocycles. The Morgan fingerprint density at radius 1 is 1.12 bits per heavy atom. The molecule has 0 radical (unpaired) electrons. The number of amides is 1. The van der Waals surface area contributed by atoms with E-state index in [1.807, 2.05) is 4.90 Å². The molecule has 3 rings (SSSR count). The van der Waals surface area contributed by atoms with Gasteiger partial charge in [-0.1, -0.05) is 49.6 Å². The Morgan fingerprint density at radius 2 is 1.83 bits per heavy atom. The highest BCUT2D eigenvalue weighted by atomic mass is 16.2. The zero-order chi connectivity index (χ0) is 17.0. The first-order valence-corrected chi connectivity index (χ1v) is 9.45. The Morgan fingerprint density at radius 3 is 2.54 bits per heavy atom. The van der Waals surface area contributed by atoms with E-state index in [0.717, 1.165) is 58.3 Å². The summed E-state index contributed by atoms with van der Waals surface area (Å²) in [6, 6.07) is 11.1. The van der Waals surface area contributed by atoms with E-state index in [1.165, 1.54) is 12.0 Å². The Bertz CT molecular complexity index is 539. The standard InChI is InChI=1S/C20H31N3O/c1-17-10-13-22(19(24)20(21)11-6-3-7-12-20)14-15-23(17)16-18-8-4-2-5-9-18/h2,4-5,8-9,17H,3,6-7,10-16,21H2,1H3. The molecule has 0 aromatic heterocycles. The topological polar surface area (TPSA) is 49.6 Å². The van der Waals surface area contributed by atoms with Crippen molar-refractivity contribution in [3.05, 3.63) is 35.9 Å². The van der Waals surface area contributed by atoms with E-state index in [9.17, 15) is 4.79 Å². The summed E-state index contributed by atoms with van der Waals surface area (Å²) in [5.41, 5.74) is 7.21. The van der Waals surface area contributed by atoms with Crippen molar-refractivity contribution >= 4 is 5.91 Å². The summed E-state index contributed by atoms with van der Waals surface area (Å²) in [4.78, 5) is 17.5. The van der Waals surface area contributed by atoms with E-state index in [-0.39, 0.29) is 5.91 Å². The maximum absolute atomic E-state index is 13.0. The van der Waals surface area contributed by atoms with Crippen LogP contribution in [0.3, 0.4) is 0 Å². The molecule has 2 N–H and O–H groups in total. The van der Waals surface area contributed by atoms with Gasteiger partial charge in [-0.05, 0) is 31.7 Å². The van der Waals surface area contributed by atoms with Crippen LogP contribution in [0.1, 0.15) is 51.0 Å². The molecule has 2 aliphatic rings. The lowest BCUT2D eigenvalue weighted by Gasteiger charge is -2.36. The molecule has 1 aromatic carbocycles. The van der Waals surface area contributed by atoms with Crippen LogP contribution in [-0.4, -0.2) is 46.9 Å². The Balaban J connectivity index is 1.62. The van der Waals surface area contributed by atoms with Crippen molar-refractivity contribution < 1.29 is 4.79 Å². The van der Waals surface area contributed by atoms with Gasteiger partial charge in [-0.3, -0.25) is 9.69 Å². The fourth-order valence-electron chi connectivity index (χ4n) is 4.07. The smallest absolute Gasteiger partial charge is 0.242 e. The number of nitrogens with two attached hydrogens (primary N) is 1. The van der Waals surface area contributed by atoms with Gasteiger partial charge < -0.3 is 10.6 Å². The molecule has 4 heteroatoms. The second-order valence-corrected chi connectivity index (χ2v) is 7.60. The predicted molar refractivity (Wildman–Crippen MR) is 97.5 cm³/mol. The highest BCUT2D eigenvalue weighted by Gasteiger charge is 2.39. The number of rotatable bonds is 3. The van der Waals surface area contributed by atoms with Crippen molar-refractivity contribution in [3.8, 4) is 0 Å². The monoisotopic (exact) mass is 329 g/mol. The van der Waals surface area contributed by atoms with Gasteiger partial charge in [0.2, 0.25) is 5.91 Å². The number of hydrogen-bond acceptors (Lipinski definition) is 3. The molecule has 24 heavy (non-hydrogen) atoms. The highest BCUT2D eigenvalue weighted by molar-refractivity contribution is 5.86. The molecule has 0 bridgehead atoms. The molecule has 1 aliphatic carbocycles. The lowest BCUT2D eigenvalue weighted by Crippen LogP contribution is -2.56. The van der Waals surface area contributed by atoms with Crippen molar-refractivity contribution in [2.24, 2.45) is 5.73 Å². The largest absolute Gasteiger partial charge is 0.340 e. The van der Waals surface area contributed by atoms with Crippen molar-refractivity contribution in [1.82, 2.24) is 9.80 Å². The van der Waals surface area contributed by atoms with Gasteiger partial charge >= 0.3 is 0 Å². The maximum Gasteiger partial charge on any atom is 0.242 e. The molecule has 1 aliphatic heterocycles. The molecule has 0 spiro atoms. The molecule has 1 saturated carbocycles. The third kappa shape index (κ3) is 3.98. The maximum atomic E-state index is 13.0. The second-order valence-electron chi connectivity index (χ2n) is 7.60. The first kappa shape index (κ1) is 17.4. The SMILES string of the molecule is CC1CCN(C(=O)C2(N)CCCCC2)CCN1Cc1ccccc1. The highest BCUT2D eigenvalue weighted by Crippen LogP contribution is 2.28. The summed E-state index contributed by atoms with van der Waals surface area (Å²) < 4.78 is 0. The van der Waals surface area contributed by atoms with Crippen LogP contribution in [-0.2, 0) is 11.3 Å². The summed E-state index contributed by atoms with van der Waals surface area (Å²) in [6.07, 6.45) is 6.12. The molecule has 2 fully saturated rings. The van der Waals surface area contributed by atoms with Crippen molar-refractivity contribution in [3.63, 3.8) is 0 Å².